The summed E-state index contributed by atoms with van der Waals surface area (Å²) < 4.78 is 16.8. The van der Waals surface area contributed by atoms with E-state index in [4.69, 9.17) is 24.3 Å². The Labute approximate surface area is 195 Å². The molecule has 0 spiro atoms. The molecule has 7 nitrogen and oxygen atoms in total. The molecule has 2 aromatic rings. The van der Waals surface area contributed by atoms with Gasteiger partial charge in [0.2, 0.25) is 5.90 Å². The summed E-state index contributed by atoms with van der Waals surface area (Å²) in [6.07, 6.45) is 2.91. The van der Waals surface area contributed by atoms with E-state index in [2.05, 4.69) is 11.9 Å². The molecular weight excluding hydrogens is 420 g/mol. The molecule has 1 aliphatic rings. The average Bonchev–Trinajstić information content (AvgIpc) is 3.17. The standard InChI is InChI=1S/C26H32N2O5/c1-4-15-26(25(30)27-16-14-20-6-10-22(31-3)11-7-20)19(2)33-24(28-26)21-8-12-23(13-9-21)32-18-5-17-29/h4,6-13,19,29H,1,5,14-18H2,2-3H3,(H,27,30)/t19-,26-/m1/s1. The van der Waals surface area contributed by atoms with Gasteiger partial charge in [0, 0.05) is 31.6 Å². The average molecular weight is 453 g/mol. The molecule has 0 bridgehead atoms. The number of amides is 1. The summed E-state index contributed by atoms with van der Waals surface area (Å²) in [7, 11) is 1.63. The van der Waals surface area contributed by atoms with Crippen LogP contribution >= 0.6 is 0 Å². The van der Waals surface area contributed by atoms with E-state index in [0.29, 0.717) is 44.1 Å². The molecule has 1 amide bonds. The lowest BCUT2D eigenvalue weighted by Gasteiger charge is -2.26. The Bertz CT molecular complexity index is 956. The molecule has 1 heterocycles. The highest BCUT2D eigenvalue weighted by Crippen LogP contribution is 2.32. The smallest absolute Gasteiger partial charge is 0.252 e. The predicted molar refractivity (Wildman–Crippen MR) is 128 cm³/mol. The van der Waals surface area contributed by atoms with E-state index >= 15 is 0 Å². The first-order chi connectivity index (χ1) is 16.0. The van der Waals surface area contributed by atoms with E-state index in [1.165, 1.54) is 0 Å². The summed E-state index contributed by atoms with van der Waals surface area (Å²) in [5, 5.41) is 11.9. The van der Waals surface area contributed by atoms with Crippen molar-refractivity contribution in [2.75, 3.05) is 26.9 Å². The van der Waals surface area contributed by atoms with Crippen LogP contribution in [0.2, 0.25) is 0 Å². The summed E-state index contributed by atoms with van der Waals surface area (Å²) in [5.41, 5.74) is 0.816. The van der Waals surface area contributed by atoms with Crippen LogP contribution in [0.4, 0.5) is 0 Å². The summed E-state index contributed by atoms with van der Waals surface area (Å²) >= 11 is 0. The molecule has 2 aromatic carbocycles. The fourth-order valence-corrected chi connectivity index (χ4v) is 3.67. The highest BCUT2D eigenvalue weighted by atomic mass is 16.5. The van der Waals surface area contributed by atoms with Crippen molar-refractivity contribution in [3.63, 3.8) is 0 Å². The van der Waals surface area contributed by atoms with E-state index in [1.54, 1.807) is 13.2 Å². The molecular formula is C26H32N2O5. The van der Waals surface area contributed by atoms with Gasteiger partial charge in [0.25, 0.3) is 5.91 Å². The molecule has 0 unspecified atom stereocenters. The quantitative estimate of drug-likeness (QED) is 0.381. The molecule has 0 saturated carbocycles. The SMILES string of the molecule is C=CC[C@@]1(C(=O)NCCc2ccc(OC)cc2)N=C(c2ccc(OCCCO)cc2)O[C@@H]1C. The predicted octanol–water partition coefficient (Wildman–Crippen LogP) is 3.30. The Morgan fingerprint density at radius 3 is 2.55 bits per heavy atom. The maximum absolute atomic E-state index is 13.2. The number of aliphatic hydroxyl groups excluding tert-OH is 1. The summed E-state index contributed by atoms with van der Waals surface area (Å²) in [4.78, 5) is 18.0. The topological polar surface area (TPSA) is 89.4 Å². The Balaban J connectivity index is 1.67. The van der Waals surface area contributed by atoms with Gasteiger partial charge in [0.05, 0.1) is 13.7 Å². The number of rotatable bonds is 12. The molecule has 2 atom stereocenters. The number of nitrogens with one attached hydrogen (secondary N) is 1. The molecule has 0 aromatic heterocycles. The molecule has 7 heteroatoms. The van der Waals surface area contributed by atoms with Crippen LogP contribution in [0.25, 0.3) is 0 Å². The Kier molecular flexibility index (Phi) is 8.49. The van der Waals surface area contributed by atoms with Gasteiger partial charge in [-0.25, -0.2) is 4.99 Å². The molecule has 33 heavy (non-hydrogen) atoms. The second-order valence-corrected chi connectivity index (χ2v) is 7.90. The largest absolute Gasteiger partial charge is 0.497 e. The third-order valence-electron chi connectivity index (χ3n) is 5.64. The molecule has 176 valence electrons. The fourth-order valence-electron chi connectivity index (χ4n) is 3.67. The van der Waals surface area contributed by atoms with Gasteiger partial charge in [-0.3, -0.25) is 4.79 Å². The van der Waals surface area contributed by atoms with Crippen molar-refractivity contribution in [2.45, 2.75) is 37.8 Å². The number of methoxy groups -OCH3 is 1. The minimum absolute atomic E-state index is 0.0914. The second-order valence-electron chi connectivity index (χ2n) is 7.90. The van der Waals surface area contributed by atoms with Crippen LogP contribution in [0, 0.1) is 0 Å². The van der Waals surface area contributed by atoms with Crippen molar-refractivity contribution in [1.29, 1.82) is 0 Å². The Morgan fingerprint density at radius 1 is 1.21 bits per heavy atom. The molecule has 0 fully saturated rings. The summed E-state index contributed by atoms with van der Waals surface area (Å²) in [6, 6.07) is 15.1. The number of carbonyl (C=O) groups excluding carboxylic acids is 1. The van der Waals surface area contributed by atoms with Crippen molar-refractivity contribution >= 4 is 11.8 Å². The Morgan fingerprint density at radius 2 is 1.91 bits per heavy atom. The molecule has 0 saturated heterocycles. The third-order valence-corrected chi connectivity index (χ3v) is 5.64. The number of hydrogen-bond donors (Lipinski definition) is 2. The minimum atomic E-state index is -1.06. The van der Waals surface area contributed by atoms with Gasteiger partial charge in [0.15, 0.2) is 5.54 Å². The lowest BCUT2D eigenvalue weighted by Crippen LogP contribution is -2.51. The van der Waals surface area contributed by atoms with Gasteiger partial charge in [0.1, 0.15) is 17.6 Å². The number of benzene rings is 2. The van der Waals surface area contributed by atoms with Crippen LogP contribution in [-0.4, -0.2) is 55.4 Å². The fraction of sp³-hybridized carbons (Fsp3) is 0.385. The maximum Gasteiger partial charge on any atom is 0.252 e. The number of nitrogens with zero attached hydrogens (tertiary/aromatic N) is 1. The van der Waals surface area contributed by atoms with Crippen molar-refractivity contribution < 1.29 is 24.1 Å². The summed E-state index contributed by atoms with van der Waals surface area (Å²) in [6.45, 7) is 6.71. The number of hydrogen-bond acceptors (Lipinski definition) is 6. The van der Waals surface area contributed by atoms with E-state index in [9.17, 15) is 4.79 Å². The van der Waals surface area contributed by atoms with Crippen LogP contribution in [-0.2, 0) is 16.0 Å². The van der Waals surface area contributed by atoms with Gasteiger partial charge < -0.3 is 24.6 Å². The minimum Gasteiger partial charge on any atom is -0.497 e. The zero-order chi connectivity index (χ0) is 23.7. The third kappa shape index (κ3) is 5.93. The zero-order valence-corrected chi connectivity index (χ0v) is 19.3. The zero-order valence-electron chi connectivity index (χ0n) is 19.3. The van der Waals surface area contributed by atoms with E-state index < -0.39 is 11.6 Å². The highest BCUT2D eigenvalue weighted by molar-refractivity contribution is 6.00. The van der Waals surface area contributed by atoms with Crippen LogP contribution in [0.15, 0.2) is 66.2 Å². The van der Waals surface area contributed by atoms with Gasteiger partial charge in [-0.15, -0.1) is 6.58 Å². The van der Waals surface area contributed by atoms with Crippen LogP contribution in [0.5, 0.6) is 11.5 Å². The van der Waals surface area contributed by atoms with Gasteiger partial charge >= 0.3 is 0 Å². The molecule has 3 rings (SSSR count). The van der Waals surface area contributed by atoms with Crippen molar-refractivity contribution in [3.8, 4) is 11.5 Å². The summed E-state index contributed by atoms with van der Waals surface area (Å²) in [5.74, 6) is 1.75. The van der Waals surface area contributed by atoms with Gasteiger partial charge in [-0.1, -0.05) is 18.2 Å². The second kappa shape index (κ2) is 11.5. The maximum atomic E-state index is 13.2. The molecule has 0 radical (unpaired) electrons. The first kappa shape index (κ1) is 24.3. The number of carbonyl (C=O) groups is 1. The van der Waals surface area contributed by atoms with E-state index in [-0.39, 0.29) is 12.5 Å². The molecule has 2 N–H and O–H groups in total. The normalized spacial score (nSPS) is 19.4. The monoisotopic (exact) mass is 452 g/mol. The van der Waals surface area contributed by atoms with Crippen LogP contribution in [0.1, 0.15) is 30.9 Å². The van der Waals surface area contributed by atoms with Crippen molar-refractivity contribution in [2.24, 2.45) is 4.99 Å². The molecule has 0 aliphatic carbocycles. The van der Waals surface area contributed by atoms with Crippen LogP contribution in [0.3, 0.4) is 0 Å². The number of aliphatic hydroxyl groups is 1. The highest BCUT2D eigenvalue weighted by Gasteiger charge is 2.49. The first-order valence-corrected chi connectivity index (χ1v) is 11.1. The Hall–Kier alpha value is -3.32. The van der Waals surface area contributed by atoms with Gasteiger partial charge in [-0.05, 0) is 55.3 Å². The number of ether oxygens (including phenoxy) is 3. The lowest BCUT2D eigenvalue weighted by atomic mass is 9.89. The number of aliphatic imine (C=N–C) groups is 1. The van der Waals surface area contributed by atoms with Crippen LogP contribution < -0.4 is 14.8 Å². The van der Waals surface area contributed by atoms with E-state index in [0.717, 1.165) is 16.9 Å². The molecule has 1 aliphatic heterocycles. The van der Waals surface area contributed by atoms with Gasteiger partial charge in [-0.2, -0.15) is 0 Å². The van der Waals surface area contributed by atoms with Crippen molar-refractivity contribution in [3.05, 3.63) is 72.3 Å². The van der Waals surface area contributed by atoms with Crippen molar-refractivity contribution in [1.82, 2.24) is 5.32 Å². The van der Waals surface area contributed by atoms with E-state index in [1.807, 2.05) is 55.5 Å². The lowest BCUT2D eigenvalue weighted by molar-refractivity contribution is -0.128. The first-order valence-electron chi connectivity index (χ1n) is 11.1.